The monoisotopic (exact) mass is 527 g/mol. The second-order valence-corrected chi connectivity index (χ2v) is 7.97. The number of carbonyl (C=O) groups is 5. The summed E-state index contributed by atoms with van der Waals surface area (Å²) in [5, 5.41) is 34.7. The van der Waals surface area contributed by atoms with Gasteiger partial charge in [-0.25, -0.2) is 9.78 Å². The van der Waals surface area contributed by atoms with Gasteiger partial charge in [-0.15, -0.1) is 0 Å². The van der Waals surface area contributed by atoms with Gasteiger partial charge < -0.3 is 53.5 Å². The smallest absolute Gasteiger partial charge is 0.326 e. The number of carbonyl (C=O) groups excluding carboxylic acids is 3. The second kappa shape index (κ2) is 15.7. The van der Waals surface area contributed by atoms with E-state index in [1.54, 1.807) is 0 Å². The van der Waals surface area contributed by atoms with Crippen LogP contribution in [-0.2, 0) is 30.4 Å². The standard InChI is InChI=1S/C20H33N9O8/c21-11(3-4-15(31)32)16(33)29-14(8-30)18(35)28-13(6-10-7-24-9-26-10)17(34)27-12(19(36)37)2-1-5-25-20(22)23/h7,9,11-14,30H,1-6,8,21H2,(H,24,26)(H,27,34)(H,28,35)(H,29,33)(H,31,32)(H,36,37)(H4,22,23,25). The Bertz CT molecular complexity index is 950. The fourth-order valence-corrected chi connectivity index (χ4v) is 3.01. The van der Waals surface area contributed by atoms with Crippen LogP contribution in [-0.4, -0.2) is 98.2 Å². The number of aromatic nitrogens is 2. The SMILES string of the molecule is NC(N)=NCCCC(NC(=O)C(Cc1cnc[nH]1)NC(=O)C(CO)NC(=O)C(N)CCC(=O)O)C(=O)O. The number of carboxylic acids is 2. The zero-order valence-electron chi connectivity index (χ0n) is 19.9. The molecule has 0 saturated carbocycles. The highest BCUT2D eigenvalue weighted by Crippen LogP contribution is 2.04. The zero-order chi connectivity index (χ0) is 28.0. The minimum absolute atomic E-state index is 0.00781. The first-order chi connectivity index (χ1) is 17.4. The molecule has 0 spiro atoms. The van der Waals surface area contributed by atoms with Gasteiger partial charge in [0.15, 0.2) is 5.96 Å². The van der Waals surface area contributed by atoms with Gasteiger partial charge in [-0.2, -0.15) is 0 Å². The summed E-state index contributed by atoms with van der Waals surface area (Å²) in [6.07, 6.45) is 2.26. The van der Waals surface area contributed by atoms with E-state index in [4.69, 9.17) is 22.3 Å². The van der Waals surface area contributed by atoms with Crippen LogP contribution in [0.4, 0.5) is 0 Å². The van der Waals surface area contributed by atoms with E-state index in [-0.39, 0.29) is 44.6 Å². The van der Waals surface area contributed by atoms with Crippen LogP contribution in [0, 0.1) is 0 Å². The summed E-state index contributed by atoms with van der Waals surface area (Å²) in [6.45, 7) is -0.715. The molecule has 13 N–H and O–H groups in total. The number of aliphatic imine (C=N–C) groups is 1. The van der Waals surface area contributed by atoms with Crippen LogP contribution >= 0.6 is 0 Å². The maximum absolute atomic E-state index is 12.9. The minimum Gasteiger partial charge on any atom is -0.481 e. The first kappa shape index (κ1) is 30.8. The summed E-state index contributed by atoms with van der Waals surface area (Å²) in [6, 6.07) is -5.41. The van der Waals surface area contributed by atoms with E-state index < -0.39 is 60.4 Å². The van der Waals surface area contributed by atoms with Crippen molar-refractivity contribution in [3.8, 4) is 0 Å². The van der Waals surface area contributed by atoms with Gasteiger partial charge in [0.05, 0.1) is 19.0 Å². The van der Waals surface area contributed by atoms with E-state index in [1.807, 2.05) is 0 Å². The predicted octanol–water partition coefficient (Wildman–Crippen LogP) is -4.27. The number of hydrogen-bond acceptors (Lipinski definition) is 9. The largest absolute Gasteiger partial charge is 0.481 e. The quantitative estimate of drug-likeness (QED) is 0.0523. The molecular weight excluding hydrogens is 494 g/mol. The maximum Gasteiger partial charge on any atom is 0.326 e. The number of nitrogens with zero attached hydrogens (tertiary/aromatic N) is 2. The zero-order valence-corrected chi connectivity index (χ0v) is 19.9. The van der Waals surface area contributed by atoms with Crippen molar-refractivity contribution in [1.82, 2.24) is 25.9 Å². The Kier molecular flexibility index (Phi) is 13.0. The van der Waals surface area contributed by atoms with Crippen LogP contribution in [0.2, 0.25) is 0 Å². The summed E-state index contributed by atoms with van der Waals surface area (Å²) < 4.78 is 0. The molecule has 0 fully saturated rings. The predicted molar refractivity (Wildman–Crippen MR) is 128 cm³/mol. The Hall–Kier alpha value is -4.25. The van der Waals surface area contributed by atoms with Crippen molar-refractivity contribution in [3.63, 3.8) is 0 Å². The lowest BCUT2D eigenvalue weighted by Gasteiger charge is -2.24. The maximum atomic E-state index is 12.9. The Morgan fingerprint density at radius 3 is 2.14 bits per heavy atom. The van der Waals surface area contributed by atoms with Crippen molar-refractivity contribution in [2.75, 3.05) is 13.2 Å². The van der Waals surface area contributed by atoms with Gasteiger partial charge in [0, 0.05) is 31.3 Å². The molecule has 37 heavy (non-hydrogen) atoms. The molecule has 1 heterocycles. The van der Waals surface area contributed by atoms with E-state index in [9.17, 15) is 34.2 Å². The first-order valence-electron chi connectivity index (χ1n) is 11.2. The molecule has 4 unspecified atom stereocenters. The van der Waals surface area contributed by atoms with E-state index >= 15 is 0 Å². The summed E-state index contributed by atoms with van der Waals surface area (Å²) in [7, 11) is 0. The molecule has 0 aliphatic rings. The molecule has 0 radical (unpaired) electrons. The molecule has 0 aromatic carbocycles. The highest BCUT2D eigenvalue weighted by Gasteiger charge is 2.30. The van der Waals surface area contributed by atoms with Gasteiger partial charge in [-0.1, -0.05) is 0 Å². The summed E-state index contributed by atoms with van der Waals surface area (Å²) in [5.74, 6) is -5.33. The Balaban J connectivity index is 2.91. The number of aliphatic hydroxyl groups excluding tert-OH is 1. The van der Waals surface area contributed by atoms with Crippen LogP contribution in [0.25, 0.3) is 0 Å². The van der Waals surface area contributed by atoms with Gasteiger partial charge >= 0.3 is 11.9 Å². The third-order valence-corrected chi connectivity index (χ3v) is 4.99. The van der Waals surface area contributed by atoms with Crippen molar-refractivity contribution < 1.29 is 39.3 Å². The number of rotatable bonds is 17. The van der Waals surface area contributed by atoms with E-state index in [1.165, 1.54) is 12.5 Å². The number of aliphatic hydroxyl groups is 1. The molecule has 3 amide bonds. The Morgan fingerprint density at radius 2 is 1.59 bits per heavy atom. The molecule has 0 bridgehead atoms. The molecule has 0 aliphatic carbocycles. The average Bonchev–Trinajstić information content (AvgIpc) is 3.34. The van der Waals surface area contributed by atoms with Crippen LogP contribution in [0.3, 0.4) is 0 Å². The number of carboxylic acid groups (broad SMARTS) is 2. The van der Waals surface area contributed by atoms with Crippen molar-refractivity contribution in [2.45, 2.75) is 56.3 Å². The van der Waals surface area contributed by atoms with Crippen molar-refractivity contribution >= 4 is 35.6 Å². The number of aliphatic carboxylic acids is 2. The fourth-order valence-electron chi connectivity index (χ4n) is 3.01. The third kappa shape index (κ3) is 11.8. The summed E-state index contributed by atoms with van der Waals surface area (Å²) in [5.41, 5.74) is 16.5. The van der Waals surface area contributed by atoms with Gasteiger partial charge in [0.2, 0.25) is 17.7 Å². The number of aromatic amines is 1. The van der Waals surface area contributed by atoms with Gasteiger partial charge in [-0.3, -0.25) is 24.2 Å². The van der Waals surface area contributed by atoms with Crippen molar-refractivity contribution in [3.05, 3.63) is 18.2 Å². The fraction of sp³-hybridized carbons (Fsp3) is 0.550. The molecule has 4 atom stereocenters. The molecule has 1 rings (SSSR count). The number of nitrogens with two attached hydrogens (primary N) is 3. The highest BCUT2D eigenvalue weighted by atomic mass is 16.4. The lowest BCUT2D eigenvalue weighted by Crippen LogP contribution is -2.58. The molecule has 206 valence electrons. The molecular formula is C20H33N9O8. The molecule has 17 nitrogen and oxygen atoms in total. The normalized spacial score (nSPS) is 13.9. The number of amides is 3. The molecule has 1 aromatic rings. The summed E-state index contributed by atoms with van der Waals surface area (Å²) >= 11 is 0. The van der Waals surface area contributed by atoms with Crippen molar-refractivity contribution in [2.24, 2.45) is 22.2 Å². The topological polar surface area (TPSA) is 301 Å². The molecule has 1 aromatic heterocycles. The summed E-state index contributed by atoms with van der Waals surface area (Å²) in [4.78, 5) is 70.5. The lowest BCUT2D eigenvalue weighted by molar-refractivity contribution is -0.142. The molecule has 0 aliphatic heterocycles. The van der Waals surface area contributed by atoms with E-state index in [0.717, 1.165) is 0 Å². The average molecular weight is 528 g/mol. The van der Waals surface area contributed by atoms with Gasteiger partial charge in [-0.05, 0) is 19.3 Å². The van der Waals surface area contributed by atoms with Crippen LogP contribution in [0.1, 0.15) is 31.4 Å². The number of guanidine groups is 1. The van der Waals surface area contributed by atoms with Gasteiger partial charge in [0.1, 0.15) is 18.1 Å². The third-order valence-electron chi connectivity index (χ3n) is 4.99. The van der Waals surface area contributed by atoms with Gasteiger partial charge in [0.25, 0.3) is 0 Å². The second-order valence-electron chi connectivity index (χ2n) is 7.97. The first-order valence-corrected chi connectivity index (χ1v) is 11.2. The number of H-pyrrole nitrogens is 1. The van der Waals surface area contributed by atoms with Crippen LogP contribution < -0.4 is 33.2 Å². The highest BCUT2D eigenvalue weighted by molar-refractivity contribution is 5.94. The lowest BCUT2D eigenvalue weighted by atomic mass is 10.1. The van der Waals surface area contributed by atoms with Crippen LogP contribution in [0.15, 0.2) is 17.5 Å². The van der Waals surface area contributed by atoms with E-state index in [2.05, 4.69) is 30.9 Å². The molecule has 0 saturated heterocycles. The molecule has 17 heteroatoms. The number of nitrogens with one attached hydrogen (secondary N) is 4. The van der Waals surface area contributed by atoms with Crippen molar-refractivity contribution in [1.29, 1.82) is 0 Å². The number of hydrogen-bond donors (Lipinski definition) is 10. The Morgan fingerprint density at radius 1 is 0.973 bits per heavy atom. The Labute approximate surface area is 211 Å². The van der Waals surface area contributed by atoms with Crippen LogP contribution in [0.5, 0.6) is 0 Å². The van der Waals surface area contributed by atoms with E-state index in [0.29, 0.717) is 5.69 Å². The minimum atomic E-state index is -1.52. The number of imidazole rings is 1.